The monoisotopic (exact) mass is 534 g/mol. The molecule has 1 saturated heterocycles. The van der Waals surface area contributed by atoms with E-state index in [4.69, 9.17) is 4.74 Å². The predicted molar refractivity (Wildman–Crippen MR) is 143 cm³/mol. The van der Waals surface area contributed by atoms with E-state index < -0.39 is 28.9 Å². The first-order valence-electron chi connectivity index (χ1n) is 12.5. The number of aliphatic hydroxyl groups excluding tert-OH is 2. The van der Waals surface area contributed by atoms with Gasteiger partial charge in [-0.05, 0) is 48.9 Å². The molecule has 0 spiro atoms. The summed E-state index contributed by atoms with van der Waals surface area (Å²) in [7, 11) is 0. The normalized spacial score (nSPS) is 14.8. The van der Waals surface area contributed by atoms with E-state index in [0.717, 1.165) is 5.69 Å². The Bertz CT molecular complexity index is 1310. The topological polar surface area (TPSA) is 145 Å². The van der Waals surface area contributed by atoms with Crippen molar-refractivity contribution in [2.45, 2.75) is 25.7 Å². The molecule has 0 saturated carbocycles. The second-order valence-corrected chi connectivity index (χ2v) is 9.21. The number of nitrogens with zero attached hydrogens (tertiary/aromatic N) is 3. The summed E-state index contributed by atoms with van der Waals surface area (Å²) in [6.07, 6.45) is -3.78. The molecule has 39 heavy (non-hydrogen) atoms. The highest BCUT2D eigenvalue weighted by atomic mass is 16.6. The number of anilines is 1. The fourth-order valence-electron chi connectivity index (χ4n) is 4.24. The highest BCUT2D eigenvalue weighted by molar-refractivity contribution is 5.90. The average Bonchev–Trinajstić information content (AvgIpc) is 2.96. The zero-order valence-electron chi connectivity index (χ0n) is 21.4. The van der Waals surface area contributed by atoms with Gasteiger partial charge in [0.2, 0.25) is 0 Å². The fourth-order valence-corrected chi connectivity index (χ4v) is 4.24. The van der Waals surface area contributed by atoms with Crippen LogP contribution in [0.4, 0.5) is 11.4 Å². The molecule has 1 fully saturated rings. The van der Waals surface area contributed by atoms with Crippen molar-refractivity contribution in [1.82, 2.24) is 10.2 Å². The van der Waals surface area contributed by atoms with Gasteiger partial charge in [-0.1, -0.05) is 30.3 Å². The molecule has 11 nitrogen and oxygen atoms in total. The minimum atomic E-state index is -1.91. The molecule has 0 aromatic heterocycles. The molecule has 1 aliphatic rings. The third-order valence-electron chi connectivity index (χ3n) is 6.54. The standard InChI is InChI=1S/C28H30N4O7/c1-19-7-10-23(17-24(19)32(37)38)39-22-11-8-20(9-12-22)18-29-27(35)25(33)26(34)28(36)31-15-13-30(14-16-31)21-5-3-2-4-6-21/h2-12,17,25-26,33-34H,13-16,18H2,1H3,(H,29,35)/t25-,26-/m1/s1. The van der Waals surface area contributed by atoms with Crippen LogP contribution in [0.5, 0.6) is 11.5 Å². The Labute approximate surface area is 225 Å². The largest absolute Gasteiger partial charge is 0.457 e. The fraction of sp³-hybridized carbons (Fsp3) is 0.286. The Hall–Kier alpha value is -4.48. The number of aliphatic hydroxyl groups is 2. The van der Waals surface area contributed by atoms with Gasteiger partial charge in [-0.15, -0.1) is 0 Å². The summed E-state index contributed by atoms with van der Waals surface area (Å²) in [5, 5.41) is 34.3. The Morgan fingerprint density at radius 3 is 2.23 bits per heavy atom. The van der Waals surface area contributed by atoms with Crippen LogP contribution in [0.25, 0.3) is 0 Å². The van der Waals surface area contributed by atoms with Crippen molar-refractivity contribution in [1.29, 1.82) is 0 Å². The zero-order valence-corrected chi connectivity index (χ0v) is 21.4. The van der Waals surface area contributed by atoms with Gasteiger partial charge in [0.05, 0.1) is 11.0 Å². The van der Waals surface area contributed by atoms with E-state index >= 15 is 0 Å². The molecule has 0 radical (unpaired) electrons. The quantitative estimate of drug-likeness (QED) is 0.280. The van der Waals surface area contributed by atoms with E-state index in [-0.39, 0.29) is 12.2 Å². The lowest BCUT2D eigenvalue weighted by atomic mass is 10.1. The van der Waals surface area contributed by atoms with Gasteiger partial charge < -0.3 is 30.1 Å². The van der Waals surface area contributed by atoms with Gasteiger partial charge in [-0.25, -0.2) is 0 Å². The van der Waals surface area contributed by atoms with E-state index in [2.05, 4.69) is 10.2 Å². The number of benzene rings is 3. The van der Waals surface area contributed by atoms with Gasteiger partial charge in [-0.3, -0.25) is 19.7 Å². The highest BCUT2D eigenvalue weighted by Crippen LogP contribution is 2.28. The van der Waals surface area contributed by atoms with Crippen LogP contribution in [-0.4, -0.2) is 70.2 Å². The third-order valence-corrected chi connectivity index (χ3v) is 6.54. The number of nitro groups is 1. The number of aryl methyl sites for hydroxylation is 1. The maximum Gasteiger partial charge on any atom is 0.276 e. The Morgan fingerprint density at radius 2 is 1.59 bits per heavy atom. The minimum absolute atomic E-state index is 0.0412. The molecule has 1 aliphatic heterocycles. The van der Waals surface area contributed by atoms with Crippen LogP contribution in [0.3, 0.4) is 0 Å². The van der Waals surface area contributed by atoms with Crippen LogP contribution in [0, 0.1) is 17.0 Å². The Morgan fingerprint density at radius 1 is 0.949 bits per heavy atom. The van der Waals surface area contributed by atoms with Crippen LogP contribution in [0.15, 0.2) is 72.8 Å². The summed E-state index contributed by atoms with van der Waals surface area (Å²) in [5.41, 5.74) is 2.21. The number of rotatable bonds is 9. The van der Waals surface area contributed by atoms with Gasteiger partial charge in [0.1, 0.15) is 11.5 Å². The van der Waals surface area contributed by atoms with E-state index in [1.807, 2.05) is 30.3 Å². The van der Waals surface area contributed by atoms with Crippen molar-refractivity contribution in [3.63, 3.8) is 0 Å². The third kappa shape index (κ3) is 6.89. The molecule has 1 heterocycles. The number of para-hydroxylation sites is 1. The SMILES string of the molecule is Cc1ccc(Oc2ccc(CNC(=O)[C@H](O)[C@@H](O)C(=O)N3CCN(c4ccccc4)CC3)cc2)cc1[N+](=O)[O-]. The van der Waals surface area contributed by atoms with Crippen LogP contribution in [0.2, 0.25) is 0 Å². The maximum atomic E-state index is 12.7. The Balaban J connectivity index is 1.25. The number of nitro benzene ring substituents is 1. The average molecular weight is 535 g/mol. The lowest BCUT2D eigenvalue weighted by molar-refractivity contribution is -0.385. The minimum Gasteiger partial charge on any atom is -0.457 e. The first-order valence-corrected chi connectivity index (χ1v) is 12.5. The van der Waals surface area contributed by atoms with Gasteiger partial charge in [0.15, 0.2) is 12.2 Å². The number of hydrogen-bond donors (Lipinski definition) is 3. The summed E-state index contributed by atoms with van der Waals surface area (Å²) in [6.45, 7) is 3.57. The molecule has 0 aliphatic carbocycles. The molecule has 0 unspecified atom stereocenters. The number of ether oxygens (including phenoxy) is 1. The maximum absolute atomic E-state index is 12.7. The van der Waals surface area contributed by atoms with Gasteiger partial charge >= 0.3 is 0 Å². The van der Waals surface area contributed by atoms with Gasteiger partial charge in [0.25, 0.3) is 17.5 Å². The van der Waals surface area contributed by atoms with E-state index in [1.54, 1.807) is 43.3 Å². The number of nitrogens with one attached hydrogen (secondary N) is 1. The summed E-state index contributed by atoms with van der Waals surface area (Å²) in [6, 6.07) is 21.0. The second-order valence-electron chi connectivity index (χ2n) is 9.21. The van der Waals surface area contributed by atoms with E-state index in [0.29, 0.717) is 48.8 Å². The first-order chi connectivity index (χ1) is 18.7. The molecule has 3 N–H and O–H groups in total. The lowest BCUT2D eigenvalue weighted by Gasteiger charge is -2.37. The number of piperazine rings is 1. The van der Waals surface area contributed by atoms with Gasteiger partial charge in [0, 0.05) is 44.0 Å². The zero-order chi connectivity index (χ0) is 27.9. The first kappa shape index (κ1) is 27.6. The molecular weight excluding hydrogens is 504 g/mol. The van der Waals surface area contributed by atoms with Crippen molar-refractivity contribution in [3.8, 4) is 11.5 Å². The summed E-state index contributed by atoms with van der Waals surface area (Å²) in [4.78, 5) is 39.3. The number of carbonyl (C=O) groups excluding carboxylic acids is 2. The van der Waals surface area contributed by atoms with Crippen LogP contribution in [-0.2, 0) is 16.1 Å². The molecule has 4 rings (SSSR count). The number of carbonyl (C=O) groups is 2. The molecule has 204 valence electrons. The smallest absolute Gasteiger partial charge is 0.276 e. The molecule has 0 bridgehead atoms. The summed E-state index contributed by atoms with van der Waals surface area (Å²) < 4.78 is 5.68. The molecule has 11 heteroatoms. The van der Waals surface area contributed by atoms with Crippen LogP contribution < -0.4 is 15.0 Å². The summed E-state index contributed by atoms with van der Waals surface area (Å²) in [5.74, 6) is -0.803. The van der Waals surface area contributed by atoms with Gasteiger partial charge in [-0.2, -0.15) is 0 Å². The molecule has 3 aromatic rings. The highest BCUT2D eigenvalue weighted by Gasteiger charge is 2.34. The molecule has 2 amide bonds. The summed E-state index contributed by atoms with van der Waals surface area (Å²) >= 11 is 0. The van der Waals surface area contributed by atoms with Crippen molar-refractivity contribution >= 4 is 23.2 Å². The lowest BCUT2D eigenvalue weighted by Crippen LogP contribution is -2.55. The van der Waals surface area contributed by atoms with Crippen molar-refractivity contribution in [2.24, 2.45) is 0 Å². The Kier molecular flexibility index (Phi) is 8.74. The molecule has 2 atom stereocenters. The van der Waals surface area contributed by atoms with E-state index in [9.17, 15) is 29.9 Å². The van der Waals surface area contributed by atoms with Crippen molar-refractivity contribution in [3.05, 3.63) is 94.0 Å². The van der Waals surface area contributed by atoms with E-state index in [1.165, 1.54) is 11.0 Å². The number of amides is 2. The van der Waals surface area contributed by atoms with Crippen molar-refractivity contribution in [2.75, 3.05) is 31.1 Å². The van der Waals surface area contributed by atoms with Crippen LogP contribution in [0.1, 0.15) is 11.1 Å². The van der Waals surface area contributed by atoms with Crippen LogP contribution >= 0.6 is 0 Å². The number of hydrogen-bond acceptors (Lipinski definition) is 8. The molecular formula is C28H30N4O7. The molecule has 3 aromatic carbocycles. The second kappa shape index (κ2) is 12.4. The predicted octanol–water partition coefficient (Wildman–Crippen LogP) is 2.38. The van der Waals surface area contributed by atoms with Crippen molar-refractivity contribution < 1.29 is 29.5 Å².